The van der Waals surface area contributed by atoms with Gasteiger partial charge in [-0.15, -0.1) is 0 Å². The first kappa shape index (κ1) is 23.4. The maximum absolute atomic E-state index is 12.7. The molecule has 0 bridgehead atoms. The molecule has 0 aliphatic heterocycles. The van der Waals surface area contributed by atoms with E-state index in [4.69, 9.17) is 14.2 Å². The molecule has 0 aromatic carbocycles. The Labute approximate surface area is 176 Å². The standard InChI is InChI=1S/C22H30N2O6/c1-8-29-21(26)19-14(4)20(23-15(19)5)22(27)30-11-18(25)17-9-12(2)24(16(17)6)13(3)10-28-7/h9,13,23H,8,10-11H2,1-7H3/t13-/m1/s1. The molecule has 0 aliphatic rings. The minimum Gasteiger partial charge on any atom is -0.462 e. The number of nitrogens with one attached hydrogen (secondary N) is 1. The van der Waals surface area contributed by atoms with Crippen LogP contribution in [0.3, 0.4) is 0 Å². The van der Waals surface area contributed by atoms with Crippen molar-refractivity contribution in [2.45, 2.75) is 47.6 Å². The van der Waals surface area contributed by atoms with Gasteiger partial charge in [0.15, 0.2) is 6.61 Å². The van der Waals surface area contributed by atoms with Crippen LogP contribution in [0.4, 0.5) is 0 Å². The van der Waals surface area contributed by atoms with Crippen LogP contribution in [0, 0.1) is 27.7 Å². The van der Waals surface area contributed by atoms with Gasteiger partial charge in [-0.1, -0.05) is 0 Å². The van der Waals surface area contributed by atoms with E-state index in [0.29, 0.717) is 29.0 Å². The summed E-state index contributed by atoms with van der Waals surface area (Å²) < 4.78 is 17.5. The van der Waals surface area contributed by atoms with Gasteiger partial charge >= 0.3 is 11.9 Å². The van der Waals surface area contributed by atoms with E-state index in [1.54, 1.807) is 33.9 Å². The van der Waals surface area contributed by atoms with Crippen LogP contribution in [0.1, 0.15) is 73.7 Å². The second-order valence-electron chi connectivity index (χ2n) is 7.30. The first-order valence-corrected chi connectivity index (χ1v) is 9.87. The van der Waals surface area contributed by atoms with E-state index >= 15 is 0 Å². The summed E-state index contributed by atoms with van der Waals surface area (Å²) in [5.41, 5.74) is 3.65. The van der Waals surface area contributed by atoms with E-state index in [2.05, 4.69) is 4.98 Å². The van der Waals surface area contributed by atoms with Crippen molar-refractivity contribution in [2.24, 2.45) is 0 Å². The Morgan fingerprint density at radius 2 is 1.77 bits per heavy atom. The summed E-state index contributed by atoms with van der Waals surface area (Å²) in [7, 11) is 1.63. The lowest BCUT2D eigenvalue weighted by Gasteiger charge is -2.17. The predicted octanol–water partition coefficient (Wildman–Crippen LogP) is 3.47. The summed E-state index contributed by atoms with van der Waals surface area (Å²) >= 11 is 0. The fourth-order valence-corrected chi connectivity index (χ4v) is 3.80. The zero-order chi connectivity index (χ0) is 22.6. The van der Waals surface area contributed by atoms with Gasteiger partial charge in [0, 0.05) is 29.8 Å². The highest BCUT2D eigenvalue weighted by Gasteiger charge is 2.25. The number of esters is 2. The molecule has 8 heteroatoms. The van der Waals surface area contributed by atoms with Crippen LogP contribution in [0.5, 0.6) is 0 Å². The molecule has 0 spiro atoms. The highest BCUT2D eigenvalue weighted by atomic mass is 16.5. The third-order valence-corrected chi connectivity index (χ3v) is 5.09. The van der Waals surface area contributed by atoms with E-state index in [9.17, 15) is 14.4 Å². The Bertz CT molecular complexity index is 953. The zero-order valence-corrected chi connectivity index (χ0v) is 18.7. The minimum atomic E-state index is -0.693. The SMILES string of the molecule is CCOC(=O)c1c(C)[nH]c(C(=O)OCC(=O)c2cc(C)n([C@H](C)COC)c2C)c1C. The molecule has 0 unspecified atom stereocenters. The Hall–Kier alpha value is -2.87. The van der Waals surface area contributed by atoms with Crippen molar-refractivity contribution in [3.05, 3.63) is 45.5 Å². The van der Waals surface area contributed by atoms with Gasteiger partial charge in [-0.25, -0.2) is 9.59 Å². The Balaban J connectivity index is 2.14. The number of aryl methyl sites for hydroxylation is 2. The van der Waals surface area contributed by atoms with Crippen molar-refractivity contribution in [2.75, 3.05) is 26.9 Å². The molecule has 2 aromatic rings. The smallest absolute Gasteiger partial charge is 0.355 e. The number of Topliss-reactive ketones (excluding diaryl/α,β-unsaturated/α-hetero) is 1. The lowest BCUT2D eigenvalue weighted by molar-refractivity contribution is 0.0468. The maximum Gasteiger partial charge on any atom is 0.355 e. The second-order valence-corrected chi connectivity index (χ2v) is 7.30. The number of aromatic nitrogens is 2. The molecule has 2 aromatic heterocycles. The average Bonchev–Trinajstić information content (AvgIpc) is 3.15. The van der Waals surface area contributed by atoms with Gasteiger partial charge in [-0.05, 0) is 53.2 Å². The first-order valence-electron chi connectivity index (χ1n) is 9.87. The Kier molecular flexibility index (Phi) is 7.61. The third kappa shape index (κ3) is 4.64. The van der Waals surface area contributed by atoms with E-state index < -0.39 is 18.5 Å². The minimum absolute atomic E-state index is 0.0740. The molecule has 2 heterocycles. The zero-order valence-electron chi connectivity index (χ0n) is 18.7. The third-order valence-electron chi connectivity index (χ3n) is 5.09. The molecule has 0 amide bonds. The Morgan fingerprint density at radius 1 is 1.10 bits per heavy atom. The van der Waals surface area contributed by atoms with Crippen molar-refractivity contribution >= 4 is 17.7 Å². The molecule has 0 saturated heterocycles. The summed E-state index contributed by atoms with van der Waals surface area (Å²) in [5, 5.41) is 0. The van der Waals surface area contributed by atoms with Gasteiger partial charge in [-0.2, -0.15) is 0 Å². The van der Waals surface area contributed by atoms with E-state index in [1.807, 2.05) is 25.3 Å². The number of rotatable bonds is 9. The van der Waals surface area contributed by atoms with Crippen LogP contribution in [-0.2, 0) is 14.2 Å². The van der Waals surface area contributed by atoms with E-state index in [1.165, 1.54) is 0 Å². The van der Waals surface area contributed by atoms with Crippen LogP contribution in [0.25, 0.3) is 0 Å². The van der Waals surface area contributed by atoms with Crippen LogP contribution in [0.2, 0.25) is 0 Å². The number of ether oxygens (including phenoxy) is 3. The molecule has 0 radical (unpaired) electrons. The number of carbonyl (C=O) groups is 3. The molecule has 30 heavy (non-hydrogen) atoms. The number of carbonyl (C=O) groups excluding carboxylic acids is 3. The summed E-state index contributed by atoms with van der Waals surface area (Å²) in [4.78, 5) is 40.2. The van der Waals surface area contributed by atoms with Gasteiger partial charge in [-0.3, -0.25) is 4.79 Å². The number of H-pyrrole nitrogens is 1. The lowest BCUT2D eigenvalue weighted by Crippen LogP contribution is -2.17. The normalized spacial score (nSPS) is 12.0. The number of ketones is 1. The summed E-state index contributed by atoms with van der Waals surface area (Å²) in [5.74, 6) is -1.49. The van der Waals surface area contributed by atoms with Crippen molar-refractivity contribution < 1.29 is 28.6 Å². The van der Waals surface area contributed by atoms with Crippen LogP contribution in [0.15, 0.2) is 6.07 Å². The molecule has 0 saturated carbocycles. The quantitative estimate of drug-likeness (QED) is 0.494. The van der Waals surface area contributed by atoms with Gasteiger partial charge in [0.05, 0.1) is 24.8 Å². The molecular weight excluding hydrogens is 388 g/mol. The van der Waals surface area contributed by atoms with E-state index in [-0.39, 0.29) is 24.1 Å². The molecular formula is C22H30N2O6. The highest BCUT2D eigenvalue weighted by molar-refractivity contribution is 6.02. The number of hydrogen-bond acceptors (Lipinski definition) is 6. The van der Waals surface area contributed by atoms with Crippen molar-refractivity contribution in [3.63, 3.8) is 0 Å². The van der Waals surface area contributed by atoms with Gasteiger partial charge in [0.1, 0.15) is 5.69 Å². The molecule has 2 rings (SSSR count). The summed E-state index contributed by atoms with van der Waals surface area (Å²) in [6.45, 7) is 11.2. The summed E-state index contributed by atoms with van der Waals surface area (Å²) in [6, 6.07) is 1.87. The predicted molar refractivity (Wildman–Crippen MR) is 111 cm³/mol. The summed E-state index contributed by atoms with van der Waals surface area (Å²) in [6.07, 6.45) is 0. The number of nitrogens with zero attached hydrogens (tertiary/aromatic N) is 1. The maximum atomic E-state index is 12.7. The molecule has 1 N–H and O–H groups in total. The van der Waals surface area contributed by atoms with Crippen LogP contribution in [-0.4, -0.2) is 54.2 Å². The monoisotopic (exact) mass is 418 g/mol. The molecule has 0 aliphatic carbocycles. The van der Waals surface area contributed by atoms with Crippen LogP contribution >= 0.6 is 0 Å². The molecule has 8 nitrogen and oxygen atoms in total. The number of methoxy groups -OCH3 is 1. The van der Waals surface area contributed by atoms with Gasteiger partial charge in [0.2, 0.25) is 5.78 Å². The lowest BCUT2D eigenvalue weighted by atomic mass is 10.1. The molecule has 1 atom stereocenters. The van der Waals surface area contributed by atoms with Crippen molar-refractivity contribution in [1.82, 2.24) is 9.55 Å². The van der Waals surface area contributed by atoms with Crippen LogP contribution < -0.4 is 0 Å². The first-order chi connectivity index (χ1) is 14.1. The highest BCUT2D eigenvalue weighted by Crippen LogP contribution is 2.22. The molecule has 164 valence electrons. The van der Waals surface area contributed by atoms with Gasteiger partial charge in [0.25, 0.3) is 0 Å². The average molecular weight is 418 g/mol. The fourth-order valence-electron chi connectivity index (χ4n) is 3.80. The van der Waals surface area contributed by atoms with Crippen molar-refractivity contribution in [3.8, 4) is 0 Å². The van der Waals surface area contributed by atoms with Gasteiger partial charge < -0.3 is 23.8 Å². The number of hydrogen-bond donors (Lipinski definition) is 1. The van der Waals surface area contributed by atoms with Crippen molar-refractivity contribution in [1.29, 1.82) is 0 Å². The number of aromatic amines is 1. The fraction of sp³-hybridized carbons (Fsp3) is 0.500. The largest absolute Gasteiger partial charge is 0.462 e. The topological polar surface area (TPSA) is 99.6 Å². The second kappa shape index (κ2) is 9.75. The molecule has 0 fully saturated rings. The van der Waals surface area contributed by atoms with E-state index in [0.717, 1.165) is 11.4 Å². The Morgan fingerprint density at radius 3 is 2.37 bits per heavy atom.